The predicted octanol–water partition coefficient (Wildman–Crippen LogP) is 2.99. The number of aromatic nitrogens is 2. The van der Waals surface area contributed by atoms with Crippen molar-refractivity contribution in [3.8, 4) is 5.75 Å². The van der Waals surface area contributed by atoms with Crippen LogP contribution in [0.25, 0.3) is 0 Å². The van der Waals surface area contributed by atoms with Gasteiger partial charge in [-0.1, -0.05) is 6.07 Å². The number of benzene rings is 1. The van der Waals surface area contributed by atoms with E-state index in [1.54, 1.807) is 0 Å². The van der Waals surface area contributed by atoms with Crippen LogP contribution < -0.4 is 10.5 Å². The van der Waals surface area contributed by atoms with Gasteiger partial charge in [0.15, 0.2) is 0 Å². The van der Waals surface area contributed by atoms with Gasteiger partial charge < -0.3 is 10.5 Å². The summed E-state index contributed by atoms with van der Waals surface area (Å²) in [7, 11) is 0. The minimum Gasteiger partial charge on any atom is -0.485 e. The summed E-state index contributed by atoms with van der Waals surface area (Å²) in [5.74, 6) is 0.770. The Morgan fingerprint density at radius 3 is 2.58 bits per heavy atom. The van der Waals surface area contributed by atoms with Crippen LogP contribution in [0.4, 0.5) is 5.69 Å². The Bertz CT molecular complexity index is 564. The molecule has 0 spiro atoms. The molecule has 2 N–H and O–H groups in total. The summed E-state index contributed by atoms with van der Waals surface area (Å²) in [6, 6.07) is 6.06. The number of nitrogens with zero attached hydrogens (tertiary/aromatic N) is 2. The molecule has 1 aromatic heterocycles. The molecule has 0 saturated heterocycles. The lowest BCUT2D eigenvalue weighted by atomic mass is 10.1. The lowest BCUT2D eigenvalue weighted by Crippen LogP contribution is -2.07. The zero-order valence-electron chi connectivity index (χ0n) is 12.0. The first-order valence-corrected chi connectivity index (χ1v) is 6.54. The molecule has 1 aromatic carbocycles. The molecule has 0 atom stereocenters. The number of hydrogen-bond acceptors (Lipinski definition) is 3. The number of rotatable bonds is 4. The number of aryl methyl sites for hydroxylation is 4. The highest BCUT2D eigenvalue weighted by molar-refractivity contribution is 5.58. The third-order valence-electron chi connectivity index (χ3n) is 3.10. The fourth-order valence-corrected chi connectivity index (χ4v) is 2.32. The quantitative estimate of drug-likeness (QED) is 0.859. The van der Waals surface area contributed by atoms with E-state index in [-0.39, 0.29) is 0 Å². The van der Waals surface area contributed by atoms with E-state index in [4.69, 9.17) is 10.5 Å². The lowest BCUT2D eigenvalue weighted by Gasteiger charge is -2.13. The highest BCUT2D eigenvalue weighted by atomic mass is 16.5. The van der Waals surface area contributed by atoms with Crippen molar-refractivity contribution in [1.82, 2.24) is 9.78 Å². The van der Waals surface area contributed by atoms with Crippen molar-refractivity contribution in [2.24, 2.45) is 0 Å². The number of nitrogens with two attached hydrogens (primary N) is 1. The van der Waals surface area contributed by atoms with Gasteiger partial charge in [-0.15, -0.1) is 0 Å². The molecule has 4 nitrogen and oxygen atoms in total. The topological polar surface area (TPSA) is 53.1 Å². The first kappa shape index (κ1) is 13.5. The van der Waals surface area contributed by atoms with Crippen molar-refractivity contribution >= 4 is 5.69 Å². The van der Waals surface area contributed by atoms with E-state index in [1.165, 1.54) is 0 Å². The van der Waals surface area contributed by atoms with Gasteiger partial charge in [-0.05, 0) is 51.0 Å². The van der Waals surface area contributed by atoms with Gasteiger partial charge >= 0.3 is 0 Å². The molecule has 0 aliphatic heterocycles. The second-order valence-electron chi connectivity index (χ2n) is 4.88. The van der Waals surface area contributed by atoms with Crippen LogP contribution in [0.15, 0.2) is 18.2 Å². The van der Waals surface area contributed by atoms with Crippen LogP contribution in [-0.2, 0) is 13.2 Å². The molecular weight excluding hydrogens is 238 g/mol. The van der Waals surface area contributed by atoms with Crippen LogP contribution in [0.3, 0.4) is 0 Å². The maximum absolute atomic E-state index is 6.01. The molecule has 2 rings (SSSR count). The largest absolute Gasteiger partial charge is 0.485 e. The summed E-state index contributed by atoms with van der Waals surface area (Å²) in [5.41, 5.74) is 11.0. The monoisotopic (exact) mass is 259 g/mol. The molecule has 0 bridgehead atoms. The van der Waals surface area contributed by atoms with E-state index < -0.39 is 0 Å². The highest BCUT2D eigenvalue weighted by Gasteiger charge is 2.09. The fraction of sp³-hybridized carbons (Fsp3) is 0.400. The molecule has 0 unspecified atom stereocenters. The minimum absolute atomic E-state index is 0.489. The Labute approximate surface area is 114 Å². The van der Waals surface area contributed by atoms with Gasteiger partial charge in [0.1, 0.15) is 12.4 Å². The van der Waals surface area contributed by atoms with Gasteiger partial charge in [-0.2, -0.15) is 5.10 Å². The Hall–Kier alpha value is -1.97. The molecule has 0 aliphatic rings. The first-order chi connectivity index (χ1) is 9.01. The summed E-state index contributed by atoms with van der Waals surface area (Å²) < 4.78 is 7.83. The number of nitrogen functional groups attached to an aromatic ring is 1. The average Bonchev–Trinajstić information content (AvgIpc) is 2.68. The van der Waals surface area contributed by atoms with Gasteiger partial charge in [0.25, 0.3) is 0 Å². The Morgan fingerprint density at radius 1 is 1.21 bits per heavy atom. The van der Waals surface area contributed by atoms with Crippen LogP contribution in [0.5, 0.6) is 5.75 Å². The maximum Gasteiger partial charge on any atom is 0.145 e. The van der Waals surface area contributed by atoms with Crippen LogP contribution in [0, 0.1) is 20.8 Å². The molecule has 1 heterocycles. The van der Waals surface area contributed by atoms with Crippen LogP contribution in [0.1, 0.15) is 29.4 Å². The van der Waals surface area contributed by atoms with E-state index in [2.05, 4.69) is 18.1 Å². The summed E-state index contributed by atoms with van der Waals surface area (Å²) in [5, 5.41) is 4.41. The normalized spacial score (nSPS) is 10.7. The third kappa shape index (κ3) is 2.89. The number of anilines is 1. The second kappa shape index (κ2) is 5.34. The van der Waals surface area contributed by atoms with Crippen molar-refractivity contribution in [1.29, 1.82) is 0 Å². The second-order valence-corrected chi connectivity index (χ2v) is 4.88. The maximum atomic E-state index is 6.01. The van der Waals surface area contributed by atoms with Crippen LogP contribution in [0.2, 0.25) is 0 Å². The zero-order chi connectivity index (χ0) is 14.0. The van der Waals surface area contributed by atoms with Gasteiger partial charge in [-0.3, -0.25) is 4.68 Å². The van der Waals surface area contributed by atoms with Gasteiger partial charge in [0.2, 0.25) is 0 Å². The van der Waals surface area contributed by atoms with Crippen LogP contribution >= 0.6 is 0 Å². The fourth-order valence-electron chi connectivity index (χ4n) is 2.32. The standard InChI is InChI=1S/C15H21N3O/c1-5-18-13(8-12(4)17-18)9-19-15-11(3)6-10(2)7-14(15)16/h6-8H,5,9,16H2,1-4H3. The third-order valence-corrected chi connectivity index (χ3v) is 3.10. The smallest absolute Gasteiger partial charge is 0.145 e. The molecule has 2 aromatic rings. The summed E-state index contributed by atoms with van der Waals surface area (Å²) in [6.07, 6.45) is 0. The molecule has 0 radical (unpaired) electrons. The average molecular weight is 259 g/mol. The summed E-state index contributed by atoms with van der Waals surface area (Å²) in [6.45, 7) is 9.43. The highest BCUT2D eigenvalue weighted by Crippen LogP contribution is 2.28. The van der Waals surface area contributed by atoms with Gasteiger partial charge in [0.05, 0.1) is 17.1 Å². The first-order valence-electron chi connectivity index (χ1n) is 6.54. The van der Waals surface area contributed by atoms with Crippen molar-refractivity contribution in [2.45, 2.75) is 40.8 Å². The molecule has 19 heavy (non-hydrogen) atoms. The SMILES string of the molecule is CCn1nc(C)cc1COc1c(C)cc(C)cc1N. The molecule has 102 valence electrons. The van der Waals surface area contributed by atoms with E-state index >= 15 is 0 Å². The number of ether oxygens (including phenoxy) is 1. The van der Waals surface area contributed by atoms with E-state index in [0.717, 1.165) is 34.8 Å². The zero-order valence-corrected chi connectivity index (χ0v) is 12.0. The number of hydrogen-bond donors (Lipinski definition) is 1. The summed E-state index contributed by atoms with van der Waals surface area (Å²) >= 11 is 0. The molecule has 0 fully saturated rings. The summed E-state index contributed by atoms with van der Waals surface area (Å²) in [4.78, 5) is 0. The molecule has 0 amide bonds. The van der Waals surface area contributed by atoms with Gasteiger partial charge in [0, 0.05) is 6.54 Å². The van der Waals surface area contributed by atoms with E-state index in [1.807, 2.05) is 37.6 Å². The molecule has 0 aliphatic carbocycles. The van der Waals surface area contributed by atoms with E-state index in [9.17, 15) is 0 Å². The van der Waals surface area contributed by atoms with E-state index in [0.29, 0.717) is 12.3 Å². The Balaban J connectivity index is 2.19. The van der Waals surface area contributed by atoms with Crippen LogP contribution in [-0.4, -0.2) is 9.78 Å². The molecular formula is C15H21N3O. The van der Waals surface area contributed by atoms with Crippen molar-refractivity contribution in [3.05, 3.63) is 40.7 Å². The molecule has 4 heteroatoms. The minimum atomic E-state index is 0.489. The van der Waals surface area contributed by atoms with Crippen molar-refractivity contribution in [3.63, 3.8) is 0 Å². The van der Waals surface area contributed by atoms with Crippen molar-refractivity contribution in [2.75, 3.05) is 5.73 Å². The molecule has 0 saturated carbocycles. The lowest BCUT2D eigenvalue weighted by molar-refractivity contribution is 0.292. The Kier molecular flexibility index (Phi) is 3.79. The predicted molar refractivity (Wildman–Crippen MR) is 77.3 cm³/mol. The van der Waals surface area contributed by atoms with Gasteiger partial charge in [-0.25, -0.2) is 0 Å². The van der Waals surface area contributed by atoms with Crippen molar-refractivity contribution < 1.29 is 4.74 Å². The Morgan fingerprint density at radius 2 is 1.95 bits per heavy atom.